The number of nitrogens with one attached hydrogen (secondary N) is 3. The zero-order valence-corrected chi connectivity index (χ0v) is 24.8. The van der Waals surface area contributed by atoms with Gasteiger partial charge in [-0.25, -0.2) is 37.8 Å². The van der Waals surface area contributed by atoms with Gasteiger partial charge in [-0.1, -0.05) is 11.6 Å². The van der Waals surface area contributed by atoms with E-state index in [4.69, 9.17) is 21.1 Å². The van der Waals surface area contributed by atoms with Crippen LogP contribution in [0.1, 0.15) is 60.8 Å². The molecule has 2 atom stereocenters. The Balaban J connectivity index is 1.92. The number of ether oxygens (including phenoxy) is 2. The average Bonchev–Trinajstić information content (AvgIpc) is 3.42. The lowest BCUT2D eigenvalue weighted by atomic mass is 10.2. The Morgan fingerprint density at radius 3 is 2.33 bits per heavy atom. The predicted octanol–water partition coefficient (Wildman–Crippen LogP) is 4.82. The van der Waals surface area contributed by atoms with Crippen molar-refractivity contribution in [3.63, 3.8) is 0 Å². The van der Waals surface area contributed by atoms with Gasteiger partial charge in [-0.05, 0) is 66.9 Å². The van der Waals surface area contributed by atoms with Crippen LogP contribution in [-0.2, 0) is 19.5 Å². The lowest BCUT2D eigenvalue weighted by Gasteiger charge is -2.33. The number of carbonyl (C=O) groups excluding carboxylic acids is 2. The summed E-state index contributed by atoms with van der Waals surface area (Å²) in [4.78, 5) is 28.6. The summed E-state index contributed by atoms with van der Waals surface area (Å²) in [7, 11) is -4.41. The Morgan fingerprint density at radius 2 is 1.74 bits per heavy atom. The standard InChI is InChI=1S/C23H32ClFN6O6S2/c1-22(2,3)36-20(32)28-15-8-7-9-16(15)29-31(21(33)37-23(4,5)6)17-11-14(25)18(10-13(17)24)39(34,35)30-19-26-12-27-38-19/h10-12,15-16,29H,7-9H2,1-6H3,(H,28,32)(H,26,27,30)/t15-,16-/m1/s1. The molecule has 1 aliphatic carbocycles. The van der Waals surface area contributed by atoms with E-state index >= 15 is 4.39 Å². The van der Waals surface area contributed by atoms with Crippen LogP contribution in [0.3, 0.4) is 0 Å². The van der Waals surface area contributed by atoms with Crippen LogP contribution in [0.2, 0.25) is 5.02 Å². The van der Waals surface area contributed by atoms with Crippen molar-refractivity contribution in [3.05, 3.63) is 29.3 Å². The van der Waals surface area contributed by atoms with Crippen molar-refractivity contribution in [2.45, 2.75) is 89.0 Å². The third-order valence-electron chi connectivity index (χ3n) is 5.20. The van der Waals surface area contributed by atoms with Gasteiger partial charge in [0.05, 0.1) is 10.7 Å². The third kappa shape index (κ3) is 8.62. The molecule has 1 aliphatic rings. The molecule has 0 radical (unpaired) electrons. The summed E-state index contributed by atoms with van der Waals surface area (Å²) < 4.78 is 57.4. The van der Waals surface area contributed by atoms with E-state index in [2.05, 4.69) is 24.8 Å². The first-order chi connectivity index (χ1) is 17.9. The third-order valence-corrected chi connectivity index (χ3v) is 7.57. The van der Waals surface area contributed by atoms with Crippen LogP contribution >= 0.6 is 23.1 Å². The van der Waals surface area contributed by atoms with Crippen molar-refractivity contribution in [2.24, 2.45) is 0 Å². The topological polar surface area (TPSA) is 152 Å². The zero-order valence-electron chi connectivity index (χ0n) is 22.4. The highest BCUT2D eigenvalue weighted by Crippen LogP contribution is 2.33. The second-order valence-corrected chi connectivity index (χ2v) is 13.7. The highest BCUT2D eigenvalue weighted by Gasteiger charge is 2.35. The number of aromatic nitrogens is 2. The minimum Gasteiger partial charge on any atom is -0.444 e. The van der Waals surface area contributed by atoms with Gasteiger partial charge in [0, 0.05) is 29.7 Å². The van der Waals surface area contributed by atoms with Gasteiger partial charge >= 0.3 is 12.2 Å². The maximum atomic E-state index is 15.2. The Morgan fingerprint density at radius 1 is 1.10 bits per heavy atom. The SMILES string of the molecule is CC(C)(C)OC(=O)N[C@@H]1CCC[C@H]1NN(C(=O)OC(C)(C)C)c1cc(F)c(S(=O)(=O)Nc2ncns2)cc1Cl. The summed E-state index contributed by atoms with van der Waals surface area (Å²) in [6, 6.07) is 0.801. The fraction of sp³-hybridized carbons (Fsp3) is 0.565. The zero-order chi connectivity index (χ0) is 29.2. The predicted molar refractivity (Wildman–Crippen MR) is 145 cm³/mol. The summed E-state index contributed by atoms with van der Waals surface area (Å²) in [5.74, 6) is -1.17. The highest BCUT2D eigenvalue weighted by atomic mass is 35.5. The number of hydrogen-bond acceptors (Lipinski definition) is 10. The first kappa shape index (κ1) is 30.8. The van der Waals surface area contributed by atoms with Crippen LogP contribution in [0.25, 0.3) is 0 Å². The van der Waals surface area contributed by atoms with Gasteiger partial charge in [-0.2, -0.15) is 4.37 Å². The molecular formula is C23H32ClFN6O6S2. The molecule has 0 aliphatic heterocycles. The maximum Gasteiger partial charge on any atom is 0.429 e. The molecule has 12 nitrogen and oxygen atoms in total. The number of hydrogen-bond donors (Lipinski definition) is 3. The molecule has 216 valence electrons. The van der Waals surface area contributed by atoms with E-state index in [9.17, 15) is 18.0 Å². The Bertz CT molecular complexity index is 1300. The normalized spacial score (nSPS) is 17.9. The number of halogens is 2. The largest absolute Gasteiger partial charge is 0.444 e. The van der Waals surface area contributed by atoms with Gasteiger partial charge < -0.3 is 14.8 Å². The Kier molecular flexibility index (Phi) is 9.30. The number of carbonyl (C=O) groups is 2. The van der Waals surface area contributed by atoms with Crippen molar-refractivity contribution in [3.8, 4) is 0 Å². The van der Waals surface area contributed by atoms with Crippen molar-refractivity contribution in [1.82, 2.24) is 20.1 Å². The molecule has 1 aromatic carbocycles. The van der Waals surface area contributed by atoms with Gasteiger partial charge in [0.25, 0.3) is 10.0 Å². The van der Waals surface area contributed by atoms with Crippen LogP contribution in [0.4, 0.5) is 24.8 Å². The van der Waals surface area contributed by atoms with E-state index in [-0.39, 0.29) is 15.8 Å². The van der Waals surface area contributed by atoms with E-state index in [1.165, 1.54) is 0 Å². The molecule has 1 heterocycles. The van der Waals surface area contributed by atoms with Crippen molar-refractivity contribution in [1.29, 1.82) is 0 Å². The molecule has 0 bridgehead atoms. The number of anilines is 2. The molecule has 2 aromatic rings. The fourth-order valence-electron chi connectivity index (χ4n) is 3.72. The minimum atomic E-state index is -4.41. The van der Waals surface area contributed by atoms with Crippen LogP contribution < -0.4 is 20.5 Å². The summed E-state index contributed by atoms with van der Waals surface area (Å²) in [5, 5.41) is 3.41. The highest BCUT2D eigenvalue weighted by molar-refractivity contribution is 7.93. The van der Waals surface area contributed by atoms with Crippen molar-refractivity contribution < 1.29 is 31.9 Å². The lowest BCUT2D eigenvalue weighted by Crippen LogP contribution is -2.56. The average molecular weight is 607 g/mol. The van der Waals surface area contributed by atoms with Crippen LogP contribution in [0, 0.1) is 5.82 Å². The summed E-state index contributed by atoms with van der Waals surface area (Å²) >= 11 is 7.19. The van der Waals surface area contributed by atoms with Crippen LogP contribution in [-0.4, -0.2) is 53.2 Å². The molecule has 3 N–H and O–H groups in total. The Hall–Kier alpha value is -2.75. The van der Waals surface area contributed by atoms with E-state index in [0.717, 1.165) is 41.4 Å². The van der Waals surface area contributed by atoms with Crippen molar-refractivity contribution >= 4 is 56.2 Å². The second kappa shape index (κ2) is 11.8. The van der Waals surface area contributed by atoms with E-state index in [1.807, 2.05) is 0 Å². The molecule has 16 heteroatoms. The second-order valence-electron chi connectivity index (χ2n) is 10.8. The fourth-order valence-corrected chi connectivity index (χ4v) is 5.78. The monoisotopic (exact) mass is 606 g/mol. The summed E-state index contributed by atoms with van der Waals surface area (Å²) in [5.41, 5.74) is 1.19. The first-order valence-corrected chi connectivity index (χ1v) is 14.7. The molecule has 3 rings (SSSR count). The molecule has 1 saturated carbocycles. The maximum absolute atomic E-state index is 15.2. The summed E-state index contributed by atoms with van der Waals surface area (Å²) in [6.45, 7) is 10.2. The number of hydrazine groups is 1. The van der Waals surface area contributed by atoms with Gasteiger partial charge in [-0.3, -0.25) is 4.72 Å². The van der Waals surface area contributed by atoms with Crippen LogP contribution in [0.5, 0.6) is 0 Å². The van der Waals surface area contributed by atoms with Gasteiger partial charge in [0.2, 0.25) is 5.13 Å². The van der Waals surface area contributed by atoms with Gasteiger partial charge in [0.15, 0.2) is 0 Å². The van der Waals surface area contributed by atoms with E-state index in [0.29, 0.717) is 12.8 Å². The van der Waals surface area contributed by atoms with E-state index < -0.39 is 56.2 Å². The minimum absolute atomic E-state index is 0.0589. The molecule has 0 spiro atoms. The van der Waals surface area contributed by atoms with E-state index in [1.54, 1.807) is 41.5 Å². The molecular weight excluding hydrogens is 575 g/mol. The summed E-state index contributed by atoms with van der Waals surface area (Å²) in [6.07, 6.45) is 1.48. The number of benzene rings is 1. The number of amides is 2. The van der Waals surface area contributed by atoms with Gasteiger partial charge in [0.1, 0.15) is 28.2 Å². The molecule has 0 saturated heterocycles. The van der Waals surface area contributed by atoms with Crippen molar-refractivity contribution in [2.75, 3.05) is 9.73 Å². The van der Waals surface area contributed by atoms with Crippen LogP contribution in [0.15, 0.2) is 23.4 Å². The molecule has 39 heavy (non-hydrogen) atoms. The van der Waals surface area contributed by atoms with Gasteiger partial charge in [-0.15, -0.1) is 0 Å². The lowest BCUT2D eigenvalue weighted by molar-refractivity contribution is 0.0494. The smallest absolute Gasteiger partial charge is 0.429 e. The Labute approximate surface area is 235 Å². The first-order valence-electron chi connectivity index (χ1n) is 12.0. The molecule has 2 amide bonds. The number of sulfonamides is 1. The number of alkyl carbamates (subject to hydrolysis) is 1. The number of rotatable bonds is 7. The number of nitrogens with zero attached hydrogens (tertiary/aromatic N) is 3. The molecule has 1 aromatic heterocycles. The molecule has 0 unspecified atom stereocenters. The quantitative estimate of drug-likeness (QED) is 0.376. The molecule has 1 fully saturated rings.